The zero-order valence-electron chi connectivity index (χ0n) is 19.2. The monoisotopic (exact) mass is 400 g/mol. The molecule has 0 saturated carbocycles. The summed E-state index contributed by atoms with van der Waals surface area (Å²) in [7, 11) is 4.12. The molecule has 2 rings (SSSR count). The number of aromatic nitrogens is 1. The highest BCUT2D eigenvalue weighted by Crippen LogP contribution is 2.30. The Bertz CT molecular complexity index is 864. The van der Waals surface area contributed by atoms with Crippen molar-refractivity contribution in [1.82, 2.24) is 9.47 Å². The van der Waals surface area contributed by atoms with Crippen LogP contribution in [0.2, 0.25) is 0 Å². The highest BCUT2D eigenvalue weighted by molar-refractivity contribution is 5.96. The molecule has 1 heterocycles. The lowest BCUT2D eigenvalue weighted by Gasteiger charge is -2.20. The van der Waals surface area contributed by atoms with Crippen molar-refractivity contribution in [3.05, 3.63) is 46.1 Å². The average Bonchev–Trinajstić information content (AvgIpc) is 2.96. The Morgan fingerprint density at radius 1 is 0.862 bits per heavy atom. The third-order valence-corrected chi connectivity index (χ3v) is 4.80. The smallest absolute Gasteiger partial charge is 0.184 e. The van der Waals surface area contributed by atoms with E-state index < -0.39 is 11.1 Å². The zero-order valence-corrected chi connectivity index (χ0v) is 19.2. The van der Waals surface area contributed by atoms with E-state index in [2.05, 4.69) is 29.8 Å². The fraction of sp³-hybridized carbons (Fsp3) is 0.565. The van der Waals surface area contributed by atoms with Crippen LogP contribution in [0.5, 0.6) is 0 Å². The van der Waals surface area contributed by atoms with Crippen LogP contribution >= 0.6 is 0 Å². The van der Waals surface area contributed by atoms with Gasteiger partial charge in [-0.25, -0.2) is 9.48 Å². The van der Waals surface area contributed by atoms with E-state index in [0.29, 0.717) is 0 Å². The third kappa shape index (κ3) is 6.07. The van der Waals surface area contributed by atoms with Crippen LogP contribution in [0.25, 0.3) is 11.1 Å². The Hall–Kier alpha value is -2.34. The summed E-state index contributed by atoms with van der Waals surface area (Å²) in [6, 6.07) is 3.94. The molecule has 0 fully saturated rings. The van der Waals surface area contributed by atoms with Gasteiger partial charge in [-0.3, -0.25) is 0 Å². The van der Waals surface area contributed by atoms with Crippen LogP contribution in [0.1, 0.15) is 59.1 Å². The molecule has 0 radical (unpaired) electrons. The first-order valence-corrected chi connectivity index (χ1v) is 10.2. The van der Waals surface area contributed by atoms with Gasteiger partial charge >= 0.3 is 0 Å². The van der Waals surface area contributed by atoms with Crippen molar-refractivity contribution in [3.63, 3.8) is 0 Å². The predicted octanol–water partition coefficient (Wildman–Crippen LogP) is 4.00. The quantitative estimate of drug-likeness (QED) is 0.319. The van der Waals surface area contributed by atoms with Gasteiger partial charge in [0.1, 0.15) is 0 Å². The molecule has 0 aromatic heterocycles. The standard InChI is InChI=1S/C23H36N4O2/c1-22(2,3)26(28)15-18-10-11-20-19(16-27(29)23(4,5)6)14-25(17-21(18)20)13-9-12-24(7)8/h10-11,14-17H,9,12-13H2,1-8H3/b26-15-,27-16-. The summed E-state index contributed by atoms with van der Waals surface area (Å²) in [5.41, 5.74) is 2.67. The first kappa shape index (κ1) is 22.9. The molecule has 0 saturated heterocycles. The lowest BCUT2D eigenvalue weighted by atomic mass is 10.0. The van der Waals surface area contributed by atoms with Crippen LogP contribution in [-0.4, -0.2) is 63.1 Å². The summed E-state index contributed by atoms with van der Waals surface area (Å²) in [5, 5.41) is 25.1. The van der Waals surface area contributed by atoms with Gasteiger partial charge < -0.3 is 19.9 Å². The number of pyridine rings is 1. The third-order valence-electron chi connectivity index (χ3n) is 4.80. The van der Waals surface area contributed by atoms with Crippen LogP contribution in [0.15, 0.2) is 24.5 Å². The van der Waals surface area contributed by atoms with Gasteiger partial charge in [0.05, 0.1) is 5.56 Å². The maximum absolute atomic E-state index is 12.6. The summed E-state index contributed by atoms with van der Waals surface area (Å²) in [6.45, 7) is 13.2. The van der Waals surface area contributed by atoms with Gasteiger partial charge in [-0.05, 0) is 38.7 Å². The number of aryl methyl sites for hydroxylation is 1. The van der Waals surface area contributed by atoms with Crippen LogP contribution in [0, 0.1) is 10.4 Å². The van der Waals surface area contributed by atoms with E-state index in [9.17, 15) is 10.4 Å². The summed E-state index contributed by atoms with van der Waals surface area (Å²) in [6.07, 6.45) is 8.41. The molecule has 2 aliphatic rings. The SMILES string of the molecule is CN(C)CCCn1cc(/C=[N+](\[O-])C(C)(C)C)c2ccc(/C=[N+](\[O-])C(C)(C)C)c-2c1. The van der Waals surface area contributed by atoms with E-state index in [1.165, 1.54) is 0 Å². The van der Waals surface area contributed by atoms with E-state index in [4.69, 9.17) is 0 Å². The Kier molecular flexibility index (Phi) is 6.78. The molecule has 0 unspecified atom stereocenters. The highest BCUT2D eigenvalue weighted by Gasteiger charge is 2.23. The molecule has 0 bridgehead atoms. The lowest BCUT2D eigenvalue weighted by molar-refractivity contribution is -0.530. The van der Waals surface area contributed by atoms with E-state index in [1.54, 1.807) is 12.4 Å². The number of hydroxylamine groups is 2. The maximum Gasteiger partial charge on any atom is 0.184 e. The highest BCUT2D eigenvalue weighted by atomic mass is 16.5. The molecular weight excluding hydrogens is 364 g/mol. The molecule has 6 nitrogen and oxygen atoms in total. The predicted molar refractivity (Wildman–Crippen MR) is 121 cm³/mol. The van der Waals surface area contributed by atoms with Crippen molar-refractivity contribution in [1.29, 1.82) is 0 Å². The second kappa shape index (κ2) is 8.57. The van der Waals surface area contributed by atoms with Gasteiger partial charge in [0, 0.05) is 71.6 Å². The Labute approximate surface area is 175 Å². The molecule has 0 spiro atoms. The molecule has 160 valence electrons. The van der Waals surface area contributed by atoms with Crippen molar-refractivity contribution in [3.8, 4) is 11.1 Å². The second-order valence-electron chi connectivity index (χ2n) is 9.98. The van der Waals surface area contributed by atoms with Crippen molar-refractivity contribution in [2.24, 2.45) is 0 Å². The van der Waals surface area contributed by atoms with Crippen molar-refractivity contribution in [2.75, 3.05) is 20.6 Å². The fourth-order valence-corrected chi connectivity index (χ4v) is 2.91. The molecule has 1 aliphatic heterocycles. The molecule has 0 atom stereocenters. The number of fused-ring (bicyclic) bond motifs is 1. The van der Waals surface area contributed by atoms with Crippen LogP contribution in [0.4, 0.5) is 0 Å². The topological polar surface area (TPSA) is 60.3 Å². The van der Waals surface area contributed by atoms with E-state index >= 15 is 0 Å². The van der Waals surface area contributed by atoms with E-state index in [1.807, 2.05) is 59.9 Å². The molecular formula is C23H36N4O2. The summed E-state index contributed by atoms with van der Waals surface area (Å²) < 4.78 is 4.11. The Morgan fingerprint density at radius 2 is 1.41 bits per heavy atom. The van der Waals surface area contributed by atoms with Gasteiger partial charge in [0.2, 0.25) is 0 Å². The fourth-order valence-electron chi connectivity index (χ4n) is 2.91. The number of rotatable bonds is 6. The zero-order chi connectivity index (χ0) is 22.0. The first-order chi connectivity index (χ1) is 13.3. The van der Waals surface area contributed by atoms with Crippen LogP contribution in [-0.2, 0) is 6.54 Å². The number of hydrogen-bond acceptors (Lipinski definition) is 3. The molecule has 0 aromatic carbocycles. The van der Waals surface area contributed by atoms with E-state index in [-0.39, 0.29) is 0 Å². The van der Waals surface area contributed by atoms with Crippen molar-refractivity contribution in [2.45, 2.75) is 65.6 Å². The minimum Gasteiger partial charge on any atom is -0.623 e. The molecule has 6 heteroatoms. The van der Waals surface area contributed by atoms with Gasteiger partial charge in [-0.15, -0.1) is 0 Å². The second-order valence-corrected chi connectivity index (χ2v) is 9.98. The van der Waals surface area contributed by atoms with Gasteiger partial charge in [-0.1, -0.05) is 6.07 Å². The maximum atomic E-state index is 12.6. The average molecular weight is 401 g/mol. The minimum atomic E-state index is -0.516. The lowest BCUT2D eigenvalue weighted by Crippen LogP contribution is -2.29. The Balaban J connectivity index is 2.55. The molecule has 0 N–H and O–H groups in total. The minimum absolute atomic E-state index is 0.507. The Morgan fingerprint density at radius 3 is 1.93 bits per heavy atom. The number of nitrogens with zero attached hydrogens (tertiary/aromatic N) is 4. The van der Waals surface area contributed by atoms with Crippen molar-refractivity contribution >= 4 is 12.4 Å². The molecule has 0 amide bonds. The summed E-state index contributed by atoms with van der Waals surface area (Å²) in [5.74, 6) is 0. The van der Waals surface area contributed by atoms with Crippen molar-refractivity contribution < 1.29 is 9.48 Å². The van der Waals surface area contributed by atoms with Gasteiger partial charge in [0.15, 0.2) is 23.5 Å². The van der Waals surface area contributed by atoms with Gasteiger partial charge in [0.25, 0.3) is 0 Å². The first-order valence-electron chi connectivity index (χ1n) is 10.2. The van der Waals surface area contributed by atoms with Crippen LogP contribution in [0.3, 0.4) is 0 Å². The molecule has 29 heavy (non-hydrogen) atoms. The summed E-state index contributed by atoms with van der Waals surface area (Å²) in [4.78, 5) is 2.16. The summed E-state index contributed by atoms with van der Waals surface area (Å²) >= 11 is 0. The van der Waals surface area contributed by atoms with E-state index in [0.717, 1.165) is 51.2 Å². The molecule has 0 aromatic rings. The van der Waals surface area contributed by atoms with Crippen LogP contribution < -0.4 is 0 Å². The molecule has 1 aliphatic carbocycles. The normalized spacial score (nSPS) is 14.2. The largest absolute Gasteiger partial charge is 0.623 e. The number of hydrogen-bond donors (Lipinski definition) is 0. The van der Waals surface area contributed by atoms with Gasteiger partial charge in [-0.2, -0.15) is 0 Å².